The van der Waals surface area contributed by atoms with Gasteiger partial charge in [0.2, 0.25) is 0 Å². The van der Waals surface area contributed by atoms with E-state index in [1.54, 1.807) is 25.1 Å². The van der Waals surface area contributed by atoms with Crippen molar-refractivity contribution >= 4 is 55.8 Å². The Bertz CT molecular complexity index is 717. The van der Waals surface area contributed by atoms with Gasteiger partial charge in [-0.15, -0.1) is 0 Å². The molecule has 0 atom stereocenters. The van der Waals surface area contributed by atoms with Gasteiger partial charge in [-0.25, -0.2) is 0 Å². The Morgan fingerprint density at radius 1 is 1.24 bits per heavy atom. The molecule has 0 aliphatic rings. The molecule has 0 fully saturated rings. The summed E-state index contributed by atoms with van der Waals surface area (Å²) in [7, 11) is 0. The number of amides is 1. The fourth-order valence-electron chi connectivity index (χ4n) is 1.82. The van der Waals surface area contributed by atoms with Gasteiger partial charge in [-0.2, -0.15) is 0 Å². The monoisotopic (exact) mass is 458 g/mol. The van der Waals surface area contributed by atoms with Gasteiger partial charge in [0, 0.05) is 13.6 Å². The molecule has 2 aromatic rings. The van der Waals surface area contributed by atoms with Crippen LogP contribution in [-0.2, 0) is 0 Å². The molecule has 0 heterocycles. The summed E-state index contributed by atoms with van der Waals surface area (Å²) >= 11 is 5.48. The largest absolute Gasteiger partial charge is 0.411 e. The van der Waals surface area contributed by atoms with Crippen molar-refractivity contribution in [2.75, 3.05) is 5.32 Å². The Labute approximate surface area is 144 Å². The number of carbonyl (C=O) groups is 1. The zero-order chi connectivity index (χ0) is 15.4. The molecule has 0 saturated heterocycles. The fourth-order valence-corrected chi connectivity index (χ4v) is 2.76. The van der Waals surface area contributed by atoms with Crippen LogP contribution >= 0.6 is 38.5 Å². The van der Waals surface area contributed by atoms with Gasteiger partial charge < -0.3 is 10.5 Å². The summed E-state index contributed by atoms with van der Waals surface area (Å²) in [5.41, 5.74) is 2.31. The second kappa shape index (κ2) is 7.04. The SMILES string of the molecule is C/C(=N/O)c1ccccc1NC(=O)c1cc(Br)ccc1I. The summed E-state index contributed by atoms with van der Waals surface area (Å²) in [6.45, 7) is 1.67. The number of benzene rings is 2. The first-order valence-corrected chi connectivity index (χ1v) is 7.94. The number of rotatable bonds is 3. The third kappa shape index (κ3) is 3.82. The molecule has 0 aromatic heterocycles. The summed E-state index contributed by atoms with van der Waals surface area (Å²) in [4.78, 5) is 12.4. The van der Waals surface area contributed by atoms with Crippen LogP contribution in [-0.4, -0.2) is 16.8 Å². The van der Waals surface area contributed by atoms with Gasteiger partial charge in [0.25, 0.3) is 5.91 Å². The van der Waals surface area contributed by atoms with Crippen LogP contribution in [0.1, 0.15) is 22.8 Å². The Morgan fingerprint density at radius 3 is 2.67 bits per heavy atom. The highest BCUT2D eigenvalue weighted by atomic mass is 127. The maximum absolute atomic E-state index is 12.4. The molecule has 0 unspecified atom stereocenters. The summed E-state index contributed by atoms with van der Waals surface area (Å²) in [6, 6.07) is 12.7. The third-order valence-electron chi connectivity index (χ3n) is 2.89. The van der Waals surface area contributed by atoms with Crippen LogP contribution in [0.2, 0.25) is 0 Å². The van der Waals surface area contributed by atoms with Crippen LogP contribution < -0.4 is 5.32 Å². The van der Waals surface area contributed by atoms with E-state index in [4.69, 9.17) is 5.21 Å². The average Bonchev–Trinajstić information content (AvgIpc) is 2.49. The predicted molar refractivity (Wildman–Crippen MR) is 95.3 cm³/mol. The van der Waals surface area contributed by atoms with Gasteiger partial charge in [-0.1, -0.05) is 39.3 Å². The molecule has 0 radical (unpaired) electrons. The van der Waals surface area contributed by atoms with Crippen LogP contribution in [0, 0.1) is 3.57 Å². The van der Waals surface area contributed by atoms with Crippen LogP contribution in [0.4, 0.5) is 5.69 Å². The number of oxime groups is 1. The summed E-state index contributed by atoms with van der Waals surface area (Å²) in [5.74, 6) is -0.209. The lowest BCUT2D eigenvalue weighted by atomic mass is 10.1. The highest BCUT2D eigenvalue weighted by Crippen LogP contribution is 2.21. The molecule has 0 aliphatic carbocycles. The van der Waals surface area contributed by atoms with E-state index in [9.17, 15) is 4.79 Å². The summed E-state index contributed by atoms with van der Waals surface area (Å²) < 4.78 is 1.70. The number of anilines is 1. The smallest absolute Gasteiger partial charge is 0.256 e. The average molecular weight is 459 g/mol. The number of halogens is 2. The van der Waals surface area contributed by atoms with Crippen LogP contribution in [0.25, 0.3) is 0 Å². The number of hydrogen-bond donors (Lipinski definition) is 2. The Kier molecular flexibility index (Phi) is 5.35. The zero-order valence-electron chi connectivity index (χ0n) is 11.1. The quantitative estimate of drug-likeness (QED) is 0.308. The number of nitrogens with one attached hydrogen (secondary N) is 1. The molecule has 0 saturated carbocycles. The Balaban J connectivity index is 2.34. The highest BCUT2D eigenvalue weighted by Gasteiger charge is 2.13. The molecule has 6 heteroatoms. The van der Waals surface area contributed by atoms with E-state index in [1.807, 2.05) is 24.3 Å². The van der Waals surface area contributed by atoms with E-state index in [-0.39, 0.29) is 5.91 Å². The highest BCUT2D eigenvalue weighted by molar-refractivity contribution is 14.1. The van der Waals surface area contributed by atoms with Crippen molar-refractivity contribution in [1.82, 2.24) is 0 Å². The minimum Gasteiger partial charge on any atom is -0.411 e. The Morgan fingerprint density at radius 2 is 1.95 bits per heavy atom. The summed E-state index contributed by atoms with van der Waals surface area (Å²) in [6.07, 6.45) is 0. The summed E-state index contributed by atoms with van der Waals surface area (Å²) in [5, 5.41) is 15.0. The van der Waals surface area contributed by atoms with E-state index in [0.717, 1.165) is 8.04 Å². The molecular formula is C15H12BrIN2O2. The van der Waals surface area contributed by atoms with Gasteiger partial charge in [0.15, 0.2) is 0 Å². The maximum Gasteiger partial charge on any atom is 0.256 e. The lowest BCUT2D eigenvalue weighted by molar-refractivity contribution is 0.102. The fraction of sp³-hybridized carbons (Fsp3) is 0.0667. The van der Waals surface area contributed by atoms with Crippen molar-refractivity contribution in [2.45, 2.75) is 6.92 Å². The van der Waals surface area contributed by atoms with Crippen LogP contribution in [0.3, 0.4) is 0 Å². The molecule has 108 valence electrons. The first kappa shape index (κ1) is 16.0. The van der Waals surface area contributed by atoms with Crippen molar-refractivity contribution in [1.29, 1.82) is 0 Å². The van der Waals surface area contributed by atoms with Crippen molar-refractivity contribution in [3.63, 3.8) is 0 Å². The maximum atomic E-state index is 12.4. The number of para-hydroxylation sites is 1. The second-order valence-electron chi connectivity index (χ2n) is 4.31. The minimum absolute atomic E-state index is 0.209. The molecule has 1 amide bonds. The van der Waals surface area contributed by atoms with Gasteiger partial charge in [-0.05, 0) is 53.8 Å². The Hall–Kier alpha value is -1.41. The van der Waals surface area contributed by atoms with Crippen molar-refractivity contribution in [3.05, 3.63) is 61.6 Å². The normalized spacial score (nSPS) is 11.3. The first-order valence-electron chi connectivity index (χ1n) is 6.07. The third-order valence-corrected chi connectivity index (χ3v) is 4.32. The van der Waals surface area contributed by atoms with Gasteiger partial charge in [0.05, 0.1) is 17.0 Å². The van der Waals surface area contributed by atoms with Gasteiger partial charge in [-0.3, -0.25) is 4.79 Å². The number of carbonyl (C=O) groups excluding carboxylic acids is 1. The number of hydrogen-bond acceptors (Lipinski definition) is 3. The molecule has 4 nitrogen and oxygen atoms in total. The number of nitrogens with zero attached hydrogens (tertiary/aromatic N) is 1. The van der Waals surface area contributed by atoms with E-state index in [1.165, 1.54) is 0 Å². The molecule has 0 spiro atoms. The lowest BCUT2D eigenvalue weighted by Crippen LogP contribution is -2.15. The standard InChI is InChI=1S/C15H12BrIN2O2/c1-9(19-21)11-4-2-3-5-14(11)18-15(20)12-8-10(16)6-7-13(12)17/h2-8,21H,1H3,(H,18,20)/b19-9-. The first-order chi connectivity index (χ1) is 10.0. The molecule has 2 aromatic carbocycles. The van der Waals surface area contributed by atoms with E-state index < -0.39 is 0 Å². The molecule has 21 heavy (non-hydrogen) atoms. The van der Waals surface area contributed by atoms with Crippen molar-refractivity contribution in [2.24, 2.45) is 5.16 Å². The van der Waals surface area contributed by atoms with Crippen LogP contribution in [0.5, 0.6) is 0 Å². The van der Waals surface area contributed by atoms with E-state index >= 15 is 0 Å². The molecule has 2 N–H and O–H groups in total. The molecular weight excluding hydrogens is 447 g/mol. The van der Waals surface area contributed by atoms with E-state index in [0.29, 0.717) is 22.5 Å². The predicted octanol–water partition coefficient (Wildman–Crippen LogP) is 4.50. The van der Waals surface area contributed by atoms with Crippen molar-refractivity contribution < 1.29 is 10.0 Å². The topological polar surface area (TPSA) is 61.7 Å². The molecule has 0 aliphatic heterocycles. The van der Waals surface area contributed by atoms with Crippen molar-refractivity contribution in [3.8, 4) is 0 Å². The van der Waals surface area contributed by atoms with Gasteiger partial charge >= 0.3 is 0 Å². The van der Waals surface area contributed by atoms with Crippen LogP contribution in [0.15, 0.2) is 52.1 Å². The molecule has 2 rings (SSSR count). The van der Waals surface area contributed by atoms with Gasteiger partial charge in [0.1, 0.15) is 0 Å². The zero-order valence-corrected chi connectivity index (χ0v) is 14.8. The minimum atomic E-state index is -0.209. The molecule has 0 bridgehead atoms. The second-order valence-corrected chi connectivity index (χ2v) is 6.39. The van der Waals surface area contributed by atoms with E-state index in [2.05, 4.69) is 49.0 Å². The lowest BCUT2D eigenvalue weighted by Gasteiger charge is -2.11.